The molecule has 1 saturated heterocycles. The van der Waals surface area contributed by atoms with Crippen LogP contribution in [0.5, 0.6) is 0 Å². The minimum absolute atomic E-state index is 0.0341. The fourth-order valence-electron chi connectivity index (χ4n) is 11.0. The Morgan fingerprint density at radius 1 is 1.06 bits per heavy atom. The highest BCUT2D eigenvalue weighted by molar-refractivity contribution is 5.45. The smallest absolute Gasteiger partial charge is 0.107 e. The van der Waals surface area contributed by atoms with Gasteiger partial charge in [-0.25, -0.2) is 9.78 Å². The molecular weight excluding hydrogens is 450 g/mol. The van der Waals surface area contributed by atoms with Crippen molar-refractivity contribution in [2.24, 2.45) is 34.0 Å². The Hall–Kier alpha value is -1.45. The van der Waals surface area contributed by atoms with E-state index in [0.717, 1.165) is 57.8 Å². The van der Waals surface area contributed by atoms with Crippen molar-refractivity contribution < 1.29 is 20.0 Å². The van der Waals surface area contributed by atoms with Gasteiger partial charge in [-0.3, -0.25) is 0 Å². The van der Waals surface area contributed by atoms with Gasteiger partial charge in [-0.05, 0) is 116 Å². The van der Waals surface area contributed by atoms with Crippen LogP contribution < -0.4 is 0 Å². The van der Waals surface area contributed by atoms with Crippen LogP contribution in [0.1, 0.15) is 101 Å². The first kappa shape index (κ1) is 23.7. The van der Waals surface area contributed by atoms with Gasteiger partial charge in [-0.1, -0.05) is 26.8 Å². The van der Waals surface area contributed by atoms with Crippen LogP contribution in [0.2, 0.25) is 0 Å². The molecule has 0 amide bonds. The van der Waals surface area contributed by atoms with E-state index in [1.165, 1.54) is 11.1 Å². The number of aliphatic hydroxyl groups is 2. The monoisotopic (exact) mass is 491 g/mol. The topological polar surface area (TPSA) is 82.7 Å². The largest absolute Gasteiger partial charge is 0.393 e. The van der Waals surface area contributed by atoms with E-state index in [0.29, 0.717) is 42.3 Å². The zero-order chi connectivity index (χ0) is 25.1. The van der Waals surface area contributed by atoms with E-state index >= 15 is 0 Å². The Balaban J connectivity index is 1.36. The third-order valence-electron chi connectivity index (χ3n) is 12.2. The van der Waals surface area contributed by atoms with Crippen molar-refractivity contribution in [2.45, 2.75) is 108 Å². The first-order chi connectivity index (χ1) is 17.0. The van der Waals surface area contributed by atoms with Gasteiger partial charge in [0.2, 0.25) is 0 Å². The Kier molecular flexibility index (Phi) is 4.83. The van der Waals surface area contributed by atoms with Gasteiger partial charge in [0, 0.05) is 11.8 Å². The summed E-state index contributed by atoms with van der Waals surface area (Å²) in [6.45, 7) is 7.42. The van der Waals surface area contributed by atoms with E-state index in [-0.39, 0.29) is 22.3 Å². The average molecular weight is 492 g/mol. The summed E-state index contributed by atoms with van der Waals surface area (Å²) in [5, 5.41) is 33.6. The number of nitrogens with zero attached hydrogens (tertiary/aromatic N) is 1. The minimum atomic E-state index is -0.813. The molecule has 1 aromatic carbocycles. The number of fused-ring (bicyclic) bond motifs is 4. The van der Waals surface area contributed by atoms with E-state index in [9.17, 15) is 15.5 Å². The fourth-order valence-corrected chi connectivity index (χ4v) is 11.0. The SMILES string of the molecule is CC1(C)COOC2(CC[C@@]34Cc5cc(C#N)ccc5[C@H]5C[C@]6(C)[C@@H](O)CC[C@H]6[C@H](CC[C@@]3(O)C2)[C@H]54)C1. The molecule has 5 nitrogen and oxygen atoms in total. The molecule has 7 rings (SSSR count). The second kappa shape index (κ2) is 7.35. The fraction of sp³-hybridized carbons (Fsp3) is 0.774. The summed E-state index contributed by atoms with van der Waals surface area (Å²) < 4.78 is 0. The van der Waals surface area contributed by atoms with Crippen LogP contribution in [0.4, 0.5) is 0 Å². The predicted octanol–water partition coefficient (Wildman–Crippen LogP) is 5.42. The van der Waals surface area contributed by atoms with E-state index < -0.39 is 11.2 Å². The summed E-state index contributed by atoms with van der Waals surface area (Å²) in [6.07, 6.45) is 8.81. The van der Waals surface area contributed by atoms with Gasteiger partial charge >= 0.3 is 0 Å². The van der Waals surface area contributed by atoms with Crippen LogP contribution >= 0.6 is 0 Å². The van der Waals surface area contributed by atoms with Crippen LogP contribution in [0.3, 0.4) is 0 Å². The summed E-state index contributed by atoms with van der Waals surface area (Å²) in [4.78, 5) is 11.8. The molecule has 0 aromatic heterocycles. The lowest BCUT2D eigenvalue weighted by molar-refractivity contribution is -0.425. The molecule has 36 heavy (non-hydrogen) atoms. The molecule has 0 bridgehead atoms. The third kappa shape index (κ3) is 2.96. The van der Waals surface area contributed by atoms with Gasteiger partial charge in [0.25, 0.3) is 0 Å². The number of nitriles is 1. The van der Waals surface area contributed by atoms with E-state index in [2.05, 4.69) is 39.0 Å². The van der Waals surface area contributed by atoms with Crippen molar-refractivity contribution in [3.63, 3.8) is 0 Å². The maximum Gasteiger partial charge on any atom is 0.107 e. The zero-order valence-corrected chi connectivity index (χ0v) is 22.1. The normalized spacial score (nSPS) is 50.4. The molecule has 1 unspecified atom stereocenters. The minimum Gasteiger partial charge on any atom is -0.393 e. The van der Waals surface area contributed by atoms with Crippen molar-refractivity contribution in [3.05, 3.63) is 34.9 Å². The van der Waals surface area contributed by atoms with Gasteiger partial charge in [0.05, 0.1) is 29.9 Å². The molecule has 5 fully saturated rings. The lowest BCUT2D eigenvalue weighted by Gasteiger charge is -2.70. The highest BCUT2D eigenvalue weighted by atomic mass is 17.2. The molecule has 5 aliphatic carbocycles. The molecule has 2 N–H and O–H groups in total. The number of hydrogen-bond acceptors (Lipinski definition) is 5. The molecule has 2 spiro atoms. The predicted molar refractivity (Wildman–Crippen MR) is 135 cm³/mol. The molecule has 0 radical (unpaired) electrons. The summed E-state index contributed by atoms with van der Waals surface area (Å²) in [5.74, 6) is 1.79. The molecule has 4 saturated carbocycles. The maximum absolute atomic E-state index is 12.8. The van der Waals surface area contributed by atoms with Crippen LogP contribution in [0.15, 0.2) is 18.2 Å². The summed E-state index contributed by atoms with van der Waals surface area (Å²) in [5.41, 5.74) is 1.85. The maximum atomic E-state index is 12.8. The Labute approximate surface area is 215 Å². The van der Waals surface area contributed by atoms with Gasteiger partial charge in [-0.15, -0.1) is 0 Å². The van der Waals surface area contributed by atoms with Gasteiger partial charge in [0.15, 0.2) is 0 Å². The number of aliphatic hydroxyl groups excluding tert-OH is 1. The number of hydrogen-bond donors (Lipinski definition) is 2. The van der Waals surface area contributed by atoms with Crippen LogP contribution in [0, 0.1) is 45.3 Å². The van der Waals surface area contributed by atoms with Crippen LogP contribution in [0.25, 0.3) is 0 Å². The first-order valence-corrected chi connectivity index (χ1v) is 14.3. The second-order valence-electron chi connectivity index (χ2n) is 14.7. The van der Waals surface area contributed by atoms with Gasteiger partial charge in [-0.2, -0.15) is 5.26 Å². The Bertz CT molecular complexity index is 1140. The standard InChI is InChI=1S/C31H41NO4/c1-27(2)16-29(36-35-18-27)10-11-30-13-20-12-19(15-32)4-5-21(20)23-14-28(3)24(6-7-25(28)33)22(26(23)30)8-9-31(30,34)17-29/h4-5,12,22-26,33-34H,6-11,13-14,16-18H2,1-3H3/t22-,23+,24-,25-,26+,28-,29?,30-,31+/m0/s1. The molecule has 1 aromatic rings. The van der Waals surface area contributed by atoms with E-state index in [1.54, 1.807) is 0 Å². The number of benzene rings is 1. The highest BCUT2D eigenvalue weighted by Gasteiger charge is 2.72. The second-order valence-corrected chi connectivity index (χ2v) is 14.7. The zero-order valence-electron chi connectivity index (χ0n) is 22.1. The lowest BCUT2D eigenvalue weighted by Crippen LogP contribution is -2.70. The summed E-state index contributed by atoms with van der Waals surface area (Å²) in [6, 6.07) is 8.62. The number of rotatable bonds is 0. The molecule has 6 aliphatic rings. The van der Waals surface area contributed by atoms with Crippen molar-refractivity contribution in [1.29, 1.82) is 5.26 Å². The van der Waals surface area contributed by atoms with Crippen molar-refractivity contribution in [3.8, 4) is 6.07 Å². The lowest BCUT2D eigenvalue weighted by atomic mass is 9.36. The molecule has 194 valence electrons. The summed E-state index contributed by atoms with van der Waals surface area (Å²) in [7, 11) is 0. The molecule has 9 atom stereocenters. The highest BCUT2D eigenvalue weighted by Crippen LogP contribution is 2.74. The third-order valence-corrected chi connectivity index (χ3v) is 12.2. The molecule has 5 heteroatoms. The average Bonchev–Trinajstić information content (AvgIpc) is 3.12. The quantitative estimate of drug-likeness (QED) is 0.473. The Morgan fingerprint density at radius 2 is 1.89 bits per heavy atom. The summed E-state index contributed by atoms with van der Waals surface area (Å²) >= 11 is 0. The first-order valence-electron chi connectivity index (χ1n) is 14.3. The Morgan fingerprint density at radius 3 is 2.67 bits per heavy atom. The molecule has 1 heterocycles. The van der Waals surface area contributed by atoms with Crippen molar-refractivity contribution >= 4 is 0 Å². The molecule has 1 aliphatic heterocycles. The van der Waals surface area contributed by atoms with Gasteiger partial charge < -0.3 is 10.2 Å². The van der Waals surface area contributed by atoms with E-state index in [1.807, 2.05) is 6.07 Å². The van der Waals surface area contributed by atoms with Crippen molar-refractivity contribution in [1.82, 2.24) is 0 Å². The van der Waals surface area contributed by atoms with Crippen LogP contribution in [-0.2, 0) is 16.2 Å². The van der Waals surface area contributed by atoms with Crippen molar-refractivity contribution in [2.75, 3.05) is 6.61 Å². The van der Waals surface area contributed by atoms with Gasteiger partial charge in [0.1, 0.15) is 5.60 Å². The van der Waals surface area contributed by atoms with E-state index in [4.69, 9.17) is 9.78 Å². The van der Waals surface area contributed by atoms with Crippen LogP contribution in [-0.4, -0.2) is 34.1 Å². The molecular formula is C31H41NO4.